The van der Waals surface area contributed by atoms with E-state index in [4.69, 9.17) is 11.6 Å². The van der Waals surface area contributed by atoms with Crippen LogP contribution < -0.4 is 5.32 Å². The zero-order valence-electron chi connectivity index (χ0n) is 17.8. The number of rotatable bonds is 6. The molecule has 1 fully saturated rings. The smallest absolute Gasteiger partial charge is 0.223 e. The molecule has 1 N–H and O–H groups in total. The monoisotopic (exact) mass is 423 g/mol. The molecule has 30 heavy (non-hydrogen) atoms. The Hall–Kier alpha value is -2.30. The fourth-order valence-electron chi connectivity index (χ4n) is 4.67. The molecular formula is C25H30ClN3O. The van der Waals surface area contributed by atoms with E-state index in [0.29, 0.717) is 11.6 Å². The number of aryl methyl sites for hydroxylation is 1. The molecule has 0 spiro atoms. The summed E-state index contributed by atoms with van der Waals surface area (Å²) in [6, 6.07) is 16.4. The van der Waals surface area contributed by atoms with Crippen LogP contribution in [0.25, 0.3) is 10.9 Å². The zero-order valence-corrected chi connectivity index (χ0v) is 18.6. The van der Waals surface area contributed by atoms with E-state index in [1.165, 1.54) is 22.2 Å². The SMILES string of the molecule is CCn1c(C)c(CN2CCC(C(=O)NCc3cccc(Cl)c3)CC2)c2ccccc21. The lowest BCUT2D eigenvalue weighted by Gasteiger charge is -2.31. The summed E-state index contributed by atoms with van der Waals surface area (Å²) >= 11 is 6.03. The van der Waals surface area contributed by atoms with Gasteiger partial charge in [0.2, 0.25) is 5.91 Å². The summed E-state index contributed by atoms with van der Waals surface area (Å²) in [5, 5.41) is 5.15. The molecule has 1 aromatic heterocycles. The Labute approximate surface area is 183 Å². The van der Waals surface area contributed by atoms with Gasteiger partial charge in [-0.25, -0.2) is 0 Å². The minimum Gasteiger partial charge on any atom is -0.352 e. The molecule has 2 heterocycles. The standard InChI is InChI=1S/C25H30ClN3O/c1-3-29-18(2)23(22-9-4-5-10-24(22)29)17-28-13-11-20(12-14-28)25(30)27-16-19-7-6-8-21(26)15-19/h4-10,15,20H,3,11-14,16-17H2,1-2H3,(H,27,30). The number of hydrogen-bond donors (Lipinski definition) is 1. The number of halogens is 1. The number of para-hydroxylation sites is 1. The van der Waals surface area contributed by atoms with Gasteiger partial charge in [-0.2, -0.15) is 0 Å². The van der Waals surface area contributed by atoms with Gasteiger partial charge >= 0.3 is 0 Å². The molecular weight excluding hydrogens is 394 g/mol. The Morgan fingerprint density at radius 2 is 1.90 bits per heavy atom. The molecule has 5 heteroatoms. The highest BCUT2D eigenvalue weighted by atomic mass is 35.5. The number of hydrogen-bond acceptors (Lipinski definition) is 2. The predicted molar refractivity (Wildman–Crippen MR) is 124 cm³/mol. The van der Waals surface area contributed by atoms with E-state index in [1.54, 1.807) is 0 Å². The molecule has 1 amide bonds. The highest BCUT2D eigenvalue weighted by Crippen LogP contribution is 2.28. The van der Waals surface area contributed by atoms with E-state index in [0.717, 1.165) is 44.6 Å². The number of nitrogens with zero attached hydrogens (tertiary/aromatic N) is 2. The van der Waals surface area contributed by atoms with E-state index < -0.39 is 0 Å². The normalized spacial score (nSPS) is 15.6. The Morgan fingerprint density at radius 1 is 1.13 bits per heavy atom. The number of fused-ring (bicyclic) bond motifs is 1. The van der Waals surface area contributed by atoms with Crippen LogP contribution in [0.5, 0.6) is 0 Å². The van der Waals surface area contributed by atoms with E-state index in [-0.39, 0.29) is 11.8 Å². The van der Waals surface area contributed by atoms with Crippen LogP contribution in [0.2, 0.25) is 5.02 Å². The van der Waals surface area contributed by atoms with Gasteiger partial charge in [0.25, 0.3) is 0 Å². The zero-order chi connectivity index (χ0) is 21.1. The van der Waals surface area contributed by atoms with Crippen LogP contribution in [0.4, 0.5) is 0 Å². The average Bonchev–Trinajstić information content (AvgIpc) is 3.03. The quantitative estimate of drug-likeness (QED) is 0.595. The molecule has 0 bridgehead atoms. The van der Waals surface area contributed by atoms with Crippen molar-refractivity contribution in [2.45, 2.75) is 46.3 Å². The van der Waals surface area contributed by atoms with Gasteiger partial charge in [0.15, 0.2) is 0 Å². The van der Waals surface area contributed by atoms with E-state index in [9.17, 15) is 4.79 Å². The summed E-state index contributed by atoms with van der Waals surface area (Å²) in [6.45, 7) is 8.83. The molecule has 0 saturated carbocycles. The van der Waals surface area contributed by atoms with Crippen LogP contribution in [-0.4, -0.2) is 28.5 Å². The first-order chi connectivity index (χ1) is 14.6. The maximum Gasteiger partial charge on any atom is 0.223 e. The Morgan fingerprint density at radius 3 is 2.63 bits per heavy atom. The van der Waals surface area contributed by atoms with Gasteiger partial charge in [0.05, 0.1) is 0 Å². The lowest BCUT2D eigenvalue weighted by Crippen LogP contribution is -2.40. The lowest BCUT2D eigenvalue weighted by molar-refractivity contribution is -0.126. The first-order valence-electron chi connectivity index (χ1n) is 10.9. The molecule has 4 nitrogen and oxygen atoms in total. The van der Waals surface area contributed by atoms with Gasteiger partial charge in [-0.3, -0.25) is 9.69 Å². The molecule has 0 radical (unpaired) electrons. The first kappa shape index (κ1) is 21.0. The predicted octanol–water partition coefficient (Wildman–Crippen LogP) is 5.15. The summed E-state index contributed by atoms with van der Waals surface area (Å²) in [5.41, 5.74) is 5.15. The van der Waals surface area contributed by atoms with Crippen molar-refractivity contribution in [3.8, 4) is 0 Å². The summed E-state index contributed by atoms with van der Waals surface area (Å²) in [5.74, 6) is 0.256. The molecule has 1 aliphatic rings. The fraction of sp³-hybridized carbons (Fsp3) is 0.400. The van der Waals surface area contributed by atoms with Crippen molar-refractivity contribution in [1.29, 1.82) is 0 Å². The maximum absolute atomic E-state index is 12.6. The fourth-order valence-corrected chi connectivity index (χ4v) is 4.88. The van der Waals surface area contributed by atoms with Gasteiger partial charge in [-0.15, -0.1) is 0 Å². The lowest BCUT2D eigenvalue weighted by atomic mass is 9.95. The van der Waals surface area contributed by atoms with E-state index in [1.807, 2.05) is 24.3 Å². The third kappa shape index (κ3) is 4.40. The van der Waals surface area contributed by atoms with Gasteiger partial charge < -0.3 is 9.88 Å². The number of carbonyl (C=O) groups is 1. The number of likely N-dealkylation sites (tertiary alicyclic amines) is 1. The highest BCUT2D eigenvalue weighted by Gasteiger charge is 2.26. The summed E-state index contributed by atoms with van der Waals surface area (Å²) in [6.07, 6.45) is 1.82. The second kappa shape index (κ2) is 9.23. The van der Waals surface area contributed by atoms with Crippen LogP contribution in [0.3, 0.4) is 0 Å². The van der Waals surface area contributed by atoms with Gasteiger partial charge in [0, 0.05) is 47.2 Å². The molecule has 0 aliphatic carbocycles. The van der Waals surface area contributed by atoms with Crippen LogP contribution in [0, 0.1) is 12.8 Å². The third-order valence-electron chi connectivity index (χ3n) is 6.37. The number of amides is 1. The first-order valence-corrected chi connectivity index (χ1v) is 11.3. The molecule has 158 valence electrons. The van der Waals surface area contributed by atoms with Crippen molar-refractivity contribution in [2.75, 3.05) is 13.1 Å². The Bertz CT molecular complexity index is 1030. The van der Waals surface area contributed by atoms with Crippen molar-refractivity contribution >= 4 is 28.4 Å². The highest BCUT2D eigenvalue weighted by molar-refractivity contribution is 6.30. The third-order valence-corrected chi connectivity index (χ3v) is 6.61. The van der Waals surface area contributed by atoms with Crippen LogP contribution in [0.15, 0.2) is 48.5 Å². The van der Waals surface area contributed by atoms with Crippen LogP contribution in [-0.2, 0) is 24.4 Å². The number of nitrogens with one attached hydrogen (secondary N) is 1. The molecule has 2 aromatic carbocycles. The number of benzene rings is 2. The topological polar surface area (TPSA) is 37.3 Å². The molecule has 1 aliphatic heterocycles. The average molecular weight is 424 g/mol. The van der Waals surface area contributed by atoms with Crippen LogP contribution in [0.1, 0.15) is 36.6 Å². The largest absolute Gasteiger partial charge is 0.352 e. The maximum atomic E-state index is 12.6. The number of aromatic nitrogens is 1. The molecule has 0 unspecified atom stereocenters. The van der Waals surface area contributed by atoms with Crippen LogP contribution >= 0.6 is 11.6 Å². The van der Waals surface area contributed by atoms with Gasteiger partial charge in [-0.05, 0) is 69.1 Å². The van der Waals surface area contributed by atoms with E-state index in [2.05, 4.69) is 52.9 Å². The van der Waals surface area contributed by atoms with Gasteiger partial charge in [-0.1, -0.05) is 41.9 Å². The van der Waals surface area contributed by atoms with Crippen molar-refractivity contribution in [2.24, 2.45) is 5.92 Å². The van der Waals surface area contributed by atoms with Crippen molar-refractivity contribution in [1.82, 2.24) is 14.8 Å². The van der Waals surface area contributed by atoms with Crippen molar-refractivity contribution < 1.29 is 4.79 Å². The van der Waals surface area contributed by atoms with E-state index >= 15 is 0 Å². The number of piperidine rings is 1. The summed E-state index contributed by atoms with van der Waals surface area (Å²) < 4.78 is 2.40. The molecule has 1 saturated heterocycles. The number of carbonyl (C=O) groups excluding carboxylic acids is 1. The summed E-state index contributed by atoms with van der Waals surface area (Å²) in [4.78, 5) is 15.1. The second-order valence-electron chi connectivity index (χ2n) is 8.22. The minimum atomic E-state index is 0.0958. The van der Waals surface area contributed by atoms with Crippen molar-refractivity contribution in [3.63, 3.8) is 0 Å². The minimum absolute atomic E-state index is 0.0958. The Balaban J connectivity index is 1.34. The molecule has 4 rings (SSSR count). The summed E-state index contributed by atoms with van der Waals surface area (Å²) in [7, 11) is 0. The van der Waals surface area contributed by atoms with Gasteiger partial charge in [0.1, 0.15) is 0 Å². The second-order valence-corrected chi connectivity index (χ2v) is 8.66. The van der Waals surface area contributed by atoms with Crippen molar-refractivity contribution in [3.05, 3.63) is 70.4 Å². The molecule has 0 atom stereocenters. The Kier molecular flexibility index (Phi) is 6.45. The molecule has 3 aromatic rings.